The number of nitrogens with one attached hydrogen (secondary N) is 1. The second-order valence-electron chi connectivity index (χ2n) is 6.64. The van der Waals surface area contributed by atoms with Gasteiger partial charge in [0.05, 0.1) is 16.8 Å². The molecule has 0 saturated carbocycles. The fraction of sp³-hybridized carbons (Fsp3) is 0.0870. The summed E-state index contributed by atoms with van der Waals surface area (Å²) >= 11 is 6.06. The number of fused-ring (bicyclic) bond motifs is 1. The third-order valence-electron chi connectivity index (χ3n) is 4.58. The lowest BCUT2D eigenvalue weighted by Crippen LogP contribution is -2.14. The van der Waals surface area contributed by atoms with Crippen molar-refractivity contribution in [1.82, 2.24) is 9.97 Å². The van der Waals surface area contributed by atoms with Crippen LogP contribution in [0.1, 0.15) is 27.2 Å². The van der Waals surface area contributed by atoms with Crippen molar-refractivity contribution < 1.29 is 4.79 Å². The Morgan fingerprint density at radius 1 is 0.964 bits per heavy atom. The number of carbonyl (C=O) groups is 1. The molecule has 138 valence electrons. The minimum atomic E-state index is -0.186. The molecule has 0 saturated heterocycles. The van der Waals surface area contributed by atoms with E-state index in [4.69, 9.17) is 11.6 Å². The summed E-state index contributed by atoms with van der Waals surface area (Å²) in [5.41, 5.74) is 5.15. The molecule has 2 heterocycles. The Bertz CT molecular complexity index is 1140. The van der Waals surface area contributed by atoms with E-state index in [2.05, 4.69) is 15.3 Å². The van der Waals surface area contributed by atoms with Gasteiger partial charge in [-0.25, -0.2) is 0 Å². The van der Waals surface area contributed by atoms with E-state index in [0.717, 1.165) is 23.0 Å². The summed E-state index contributed by atoms with van der Waals surface area (Å²) in [5.74, 6) is -0.186. The van der Waals surface area contributed by atoms with E-state index >= 15 is 0 Å². The molecule has 4 nitrogen and oxygen atoms in total. The summed E-state index contributed by atoms with van der Waals surface area (Å²) in [7, 11) is 0. The van der Waals surface area contributed by atoms with E-state index in [1.54, 1.807) is 18.5 Å². The number of hydrogen-bond acceptors (Lipinski definition) is 3. The van der Waals surface area contributed by atoms with Crippen LogP contribution in [0.15, 0.2) is 73.1 Å². The Morgan fingerprint density at radius 2 is 1.68 bits per heavy atom. The zero-order chi connectivity index (χ0) is 19.5. The van der Waals surface area contributed by atoms with Crippen molar-refractivity contribution in [2.24, 2.45) is 0 Å². The van der Waals surface area contributed by atoms with Crippen LogP contribution in [0.2, 0.25) is 5.02 Å². The maximum absolute atomic E-state index is 12.7. The Hall–Kier alpha value is -3.24. The summed E-state index contributed by atoms with van der Waals surface area (Å²) in [4.78, 5) is 21.3. The summed E-state index contributed by atoms with van der Waals surface area (Å²) < 4.78 is 0. The van der Waals surface area contributed by atoms with Crippen molar-refractivity contribution >= 4 is 34.1 Å². The Balaban J connectivity index is 1.52. The molecule has 0 radical (unpaired) electrons. The quantitative estimate of drug-likeness (QED) is 0.507. The molecule has 2 aromatic carbocycles. The highest BCUT2D eigenvalue weighted by atomic mass is 35.5. The van der Waals surface area contributed by atoms with Crippen molar-refractivity contribution in [3.05, 3.63) is 100 Å². The van der Waals surface area contributed by atoms with Gasteiger partial charge in [0.25, 0.3) is 5.91 Å². The van der Waals surface area contributed by atoms with Crippen molar-refractivity contribution in [1.29, 1.82) is 0 Å². The van der Waals surface area contributed by atoms with Crippen LogP contribution in [-0.2, 0) is 6.42 Å². The van der Waals surface area contributed by atoms with Crippen LogP contribution >= 0.6 is 11.6 Å². The highest BCUT2D eigenvalue weighted by molar-refractivity contribution is 6.31. The van der Waals surface area contributed by atoms with Crippen LogP contribution < -0.4 is 5.32 Å². The minimum absolute atomic E-state index is 0.186. The van der Waals surface area contributed by atoms with Crippen molar-refractivity contribution in [3.63, 3.8) is 0 Å². The fourth-order valence-electron chi connectivity index (χ4n) is 3.11. The molecule has 0 unspecified atom stereocenters. The van der Waals surface area contributed by atoms with E-state index in [1.165, 1.54) is 11.1 Å². The number of anilines is 1. The zero-order valence-electron chi connectivity index (χ0n) is 15.3. The number of benzene rings is 2. The lowest BCUT2D eigenvalue weighted by molar-refractivity contribution is 0.102. The van der Waals surface area contributed by atoms with Gasteiger partial charge in [-0.3, -0.25) is 14.8 Å². The number of hydrogen-bond donors (Lipinski definition) is 1. The molecule has 0 aliphatic carbocycles. The molecule has 28 heavy (non-hydrogen) atoms. The molecule has 1 amide bonds. The lowest BCUT2D eigenvalue weighted by atomic mass is 10.1. The Morgan fingerprint density at radius 3 is 2.43 bits per heavy atom. The normalized spacial score (nSPS) is 10.8. The number of halogens is 1. The molecule has 0 atom stereocenters. The number of amides is 1. The average molecular weight is 388 g/mol. The molecular weight excluding hydrogens is 370 g/mol. The molecule has 4 aromatic rings. The van der Waals surface area contributed by atoms with Gasteiger partial charge in [0, 0.05) is 28.5 Å². The van der Waals surface area contributed by atoms with E-state index < -0.39 is 0 Å². The van der Waals surface area contributed by atoms with Gasteiger partial charge in [0.1, 0.15) is 0 Å². The second-order valence-corrected chi connectivity index (χ2v) is 7.08. The lowest BCUT2D eigenvalue weighted by Gasteiger charge is -2.10. The molecule has 0 fully saturated rings. The van der Waals surface area contributed by atoms with Gasteiger partial charge < -0.3 is 5.32 Å². The van der Waals surface area contributed by atoms with Crippen LogP contribution in [0.4, 0.5) is 5.69 Å². The molecular formula is C23H18ClN3O. The highest BCUT2D eigenvalue weighted by Crippen LogP contribution is 2.22. The van der Waals surface area contributed by atoms with Crippen molar-refractivity contribution in [2.45, 2.75) is 13.3 Å². The number of aromatic nitrogens is 2. The third kappa shape index (κ3) is 4.02. The minimum Gasteiger partial charge on any atom is -0.322 e. The SMILES string of the molecule is Cc1nc2ccc(Cl)cc2cc1C(=O)Nc1ccc(Cc2ccncc2)cc1. The first-order chi connectivity index (χ1) is 13.6. The third-order valence-corrected chi connectivity index (χ3v) is 4.82. The summed E-state index contributed by atoms with van der Waals surface area (Å²) in [6.07, 6.45) is 4.40. The predicted octanol–water partition coefficient (Wildman–Crippen LogP) is 5.43. The van der Waals surface area contributed by atoms with Gasteiger partial charge >= 0.3 is 0 Å². The predicted molar refractivity (Wildman–Crippen MR) is 113 cm³/mol. The number of rotatable bonds is 4. The van der Waals surface area contributed by atoms with Gasteiger partial charge in [-0.15, -0.1) is 0 Å². The van der Waals surface area contributed by atoms with E-state index in [1.807, 2.05) is 61.5 Å². The maximum Gasteiger partial charge on any atom is 0.257 e. The number of aryl methyl sites for hydroxylation is 1. The molecule has 4 rings (SSSR count). The molecule has 0 aliphatic heterocycles. The van der Waals surface area contributed by atoms with Gasteiger partial charge in [0.15, 0.2) is 0 Å². The standard InChI is InChI=1S/C23H18ClN3O/c1-15-21(14-18-13-19(24)4-7-22(18)26-15)23(28)27-20-5-2-16(3-6-20)12-17-8-10-25-11-9-17/h2-11,13-14H,12H2,1H3,(H,27,28). The van der Waals surface area contributed by atoms with Crippen LogP contribution in [0.25, 0.3) is 10.9 Å². The summed E-state index contributed by atoms with van der Waals surface area (Å²) in [5, 5.41) is 4.41. The van der Waals surface area contributed by atoms with Gasteiger partial charge in [-0.05, 0) is 73.0 Å². The van der Waals surface area contributed by atoms with E-state index in [0.29, 0.717) is 16.3 Å². The summed E-state index contributed by atoms with van der Waals surface area (Å²) in [6, 6.07) is 19.1. The van der Waals surface area contributed by atoms with Crippen LogP contribution in [0.3, 0.4) is 0 Å². The van der Waals surface area contributed by atoms with Crippen molar-refractivity contribution in [3.8, 4) is 0 Å². The fourth-order valence-corrected chi connectivity index (χ4v) is 3.29. The topological polar surface area (TPSA) is 54.9 Å². The molecule has 2 aromatic heterocycles. The molecule has 0 spiro atoms. The second kappa shape index (κ2) is 7.79. The zero-order valence-corrected chi connectivity index (χ0v) is 16.1. The molecule has 5 heteroatoms. The van der Waals surface area contributed by atoms with Gasteiger partial charge in [-0.2, -0.15) is 0 Å². The van der Waals surface area contributed by atoms with E-state index in [9.17, 15) is 4.79 Å². The molecule has 1 N–H and O–H groups in total. The van der Waals surface area contributed by atoms with Crippen LogP contribution in [-0.4, -0.2) is 15.9 Å². The van der Waals surface area contributed by atoms with Gasteiger partial charge in [-0.1, -0.05) is 23.7 Å². The first-order valence-electron chi connectivity index (χ1n) is 8.94. The number of pyridine rings is 2. The Kier molecular flexibility index (Phi) is 5.04. The van der Waals surface area contributed by atoms with Crippen molar-refractivity contribution in [2.75, 3.05) is 5.32 Å². The van der Waals surface area contributed by atoms with Gasteiger partial charge in [0.2, 0.25) is 0 Å². The van der Waals surface area contributed by atoms with Crippen LogP contribution in [0.5, 0.6) is 0 Å². The Labute approximate surface area is 168 Å². The number of carbonyl (C=O) groups excluding carboxylic acids is 1. The monoisotopic (exact) mass is 387 g/mol. The highest BCUT2D eigenvalue weighted by Gasteiger charge is 2.12. The first kappa shape index (κ1) is 18.1. The summed E-state index contributed by atoms with van der Waals surface area (Å²) in [6.45, 7) is 1.83. The molecule has 0 bridgehead atoms. The van der Waals surface area contributed by atoms with E-state index in [-0.39, 0.29) is 5.91 Å². The van der Waals surface area contributed by atoms with Crippen LogP contribution in [0, 0.1) is 6.92 Å². The maximum atomic E-state index is 12.7. The first-order valence-corrected chi connectivity index (χ1v) is 9.32. The average Bonchev–Trinajstić information content (AvgIpc) is 2.70. The smallest absolute Gasteiger partial charge is 0.257 e. The largest absolute Gasteiger partial charge is 0.322 e. The molecule has 0 aliphatic rings. The number of nitrogens with zero attached hydrogens (tertiary/aromatic N) is 2.